The lowest BCUT2D eigenvalue weighted by molar-refractivity contribution is -0.134. The molecule has 2 aromatic rings. The van der Waals surface area contributed by atoms with Gasteiger partial charge in [-0.15, -0.1) is 0 Å². The molecule has 6 nitrogen and oxygen atoms in total. The molecule has 1 amide bonds. The van der Waals surface area contributed by atoms with Crippen LogP contribution in [0.4, 0.5) is 0 Å². The van der Waals surface area contributed by atoms with Crippen LogP contribution in [0.25, 0.3) is 10.9 Å². The van der Waals surface area contributed by atoms with Crippen molar-refractivity contribution >= 4 is 23.0 Å². The summed E-state index contributed by atoms with van der Waals surface area (Å²) in [5, 5.41) is 1.18. The lowest BCUT2D eigenvalue weighted by Gasteiger charge is -2.39. The summed E-state index contributed by atoms with van der Waals surface area (Å²) in [7, 11) is 3.93. The number of nitrogens with zero attached hydrogens (tertiary/aromatic N) is 5. The fourth-order valence-corrected chi connectivity index (χ4v) is 4.89. The zero-order valence-electron chi connectivity index (χ0n) is 18.4. The number of aromatic nitrogens is 1. The number of pyridine rings is 1. The molecular weight excluding hydrogens is 374 g/mol. The number of carbonyl (C=O) groups is 1. The number of amides is 1. The highest BCUT2D eigenvalue weighted by Crippen LogP contribution is 2.34. The zero-order chi connectivity index (χ0) is 21.1. The van der Waals surface area contributed by atoms with Gasteiger partial charge >= 0.3 is 0 Å². The van der Waals surface area contributed by atoms with E-state index in [0.29, 0.717) is 18.4 Å². The van der Waals surface area contributed by atoms with Crippen LogP contribution in [0.15, 0.2) is 35.5 Å². The van der Waals surface area contributed by atoms with E-state index in [1.54, 1.807) is 7.05 Å². The molecule has 1 aromatic heterocycles. The summed E-state index contributed by atoms with van der Waals surface area (Å²) >= 11 is 0. The van der Waals surface area contributed by atoms with Gasteiger partial charge in [-0.05, 0) is 31.0 Å². The second kappa shape index (κ2) is 9.23. The Hall–Kier alpha value is -2.31. The van der Waals surface area contributed by atoms with Crippen LogP contribution < -0.4 is 0 Å². The van der Waals surface area contributed by atoms with Gasteiger partial charge in [0.2, 0.25) is 5.91 Å². The summed E-state index contributed by atoms with van der Waals surface area (Å²) in [6.45, 7) is 8.50. The molecule has 30 heavy (non-hydrogen) atoms. The minimum Gasteiger partial charge on any atom is -0.341 e. The molecule has 6 heteroatoms. The Balaban J connectivity index is 1.54. The van der Waals surface area contributed by atoms with Gasteiger partial charge in [0, 0.05) is 75.6 Å². The lowest BCUT2D eigenvalue weighted by atomic mass is 9.83. The van der Waals surface area contributed by atoms with Gasteiger partial charge in [0.05, 0.1) is 12.1 Å². The molecule has 2 atom stereocenters. The average molecular weight is 408 g/mol. The van der Waals surface area contributed by atoms with Crippen LogP contribution in [0, 0.1) is 5.92 Å². The number of likely N-dealkylation sites (N-methyl/N-ethyl adjacent to an activating group) is 1. The van der Waals surface area contributed by atoms with Crippen molar-refractivity contribution < 1.29 is 4.79 Å². The summed E-state index contributed by atoms with van der Waals surface area (Å²) in [4.78, 5) is 28.6. The van der Waals surface area contributed by atoms with Crippen molar-refractivity contribution in [3.8, 4) is 0 Å². The van der Waals surface area contributed by atoms with Gasteiger partial charge in [-0.3, -0.25) is 19.7 Å². The number of carbonyl (C=O) groups excluding carboxylic acids is 1. The largest absolute Gasteiger partial charge is 0.341 e. The minimum atomic E-state index is 0.272. The second-order valence-electron chi connectivity index (χ2n) is 8.95. The van der Waals surface area contributed by atoms with E-state index in [1.807, 2.05) is 18.5 Å². The second-order valence-corrected chi connectivity index (χ2v) is 8.95. The first-order valence-corrected chi connectivity index (χ1v) is 11.0. The maximum Gasteiger partial charge on any atom is 0.236 e. The minimum absolute atomic E-state index is 0.272. The third-order valence-electron chi connectivity index (χ3n) is 6.51. The third kappa shape index (κ3) is 4.55. The van der Waals surface area contributed by atoms with E-state index < -0.39 is 0 Å². The Kier molecular flexibility index (Phi) is 6.44. The summed E-state index contributed by atoms with van der Waals surface area (Å²) in [6.07, 6.45) is 4.81. The molecule has 0 bridgehead atoms. The van der Waals surface area contributed by atoms with Gasteiger partial charge in [0.15, 0.2) is 0 Å². The van der Waals surface area contributed by atoms with Crippen LogP contribution in [-0.2, 0) is 4.79 Å². The Morgan fingerprint density at radius 2 is 2.00 bits per heavy atom. The van der Waals surface area contributed by atoms with Crippen molar-refractivity contribution in [2.75, 3.05) is 59.9 Å². The number of likely N-dealkylation sites (tertiary alicyclic amines) is 1. The van der Waals surface area contributed by atoms with Crippen molar-refractivity contribution in [1.29, 1.82) is 0 Å². The average Bonchev–Trinajstić information content (AvgIpc) is 2.75. The van der Waals surface area contributed by atoms with Crippen LogP contribution in [0.2, 0.25) is 0 Å². The quantitative estimate of drug-likeness (QED) is 0.731. The van der Waals surface area contributed by atoms with Crippen LogP contribution in [0.5, 0.6) is 0 Å². The highest BCUT2D eigenvalue weighted by Gasteiger charge is 2.31. The van der Waals surface area contributed by atoms with Gasteiger partial charge in [-0.2, -0.15) is 0 Å². The summed E-state index contributed by atoms with van der Waals surface area (Å²) in [5.74, 6) is 1.10. The fraction of sp³-hybridized carbons (Fsp3) is 0.542. The predicted molar refractivity (Wildman–Crippen MR) is 122 cm³/mol. The van der Waals surface area contributed by atoms with Crippen molar-refractivity contribution in [1.82, 2.24) is 19.7 Å². The molecule has 0 unspecified atom stereocenters. The number of piperidine rings is 1. The summed E-state index contributed by atoms with van der Waals surface area (Å²) < 4.78 is 0. The van der Waals surface area contributed by atoms with Crippen molar-refractivity contribution in [3.05, 3.63) is 41.6 Å². The highest BCUT2D eigenvalue weighted by molar-refractivity contribution is 5.99. The van der Waals surface area contributed by atoms with Crippen LogP contribution >= 0.6 is 0 Å². The molecule has 0 aliphatic carbocycles. The van der Waals surface area contributed by atoms with Gasteiger partial charge < -0.3 is 9.80 Å². The first kappa shape index (κ1) is 20.9. The maximum absolute atomic E-state index is 13.1. The fourth-order valence-electron chi connectivity index (χ4n) is 4.89. The van der Waals surface area contributed by atoms with Crippen LogP contribution in [0.3, 0.4) is 0 Å². The molecule has 2 aliphatic heterocycles. The normalized spacial score (nSPS) is 24.0. The highest BCUT2D eigenvalue weighted by atomic mass is 16.2. The first-order valence-electron chi connectivity index (χ1n) is 11.0. The van der Waals surface area contributed by atoms with E-state index in [-0.39, 0.29) is 5.91 Å². The number of hydrogen-bond acceptors (Lipinski definition) is 5. The number of rotatable bonds is 4. The molecule has 0 saturated carbocycles. The molecule has 4 rings (SSSR count). The van der Waals surface area contributed by atoms with Crippen molar-refractivity contribution in [3.63, 3.8) is 0 Å². The molecule has 160 valence electrons. The molecule has 0 radical (unpaired) electrons. The Morgan fingerprint density at radius 1 is 1.20 bits per heavy atom. The molecule has 2 aliphatic rings. The van der Waals surface area contributed by atoms with Crippen molar-refractivity contribution in [2.24, 2.45) is 10.9 Å². The molecular formula is C24H33N5O. The Morgan fingerprint density at radius 3 is 2.77 bits per heavy atom. The Labute approximate surface area is 179 Å². The Bertz CT molecular complexity index is 919. The lowest BCUT2D eigenvalue weighted by Crippen LogP contribution is -2.51. The van der Waals surface area contributed by atoms with Gasteiger partial charge in [0.1, 0.15) is 0 Å². The molecule has 3 heterocycles. The number of hydrogen-bond donors (Lipinski definition) is 0. The summed E-state index contributed by atoms with van der Waals surface area (Å²) in [6, 6.07) is 8.49. The molecule has 2 fully saturated rings. The molecule has 0 N–H and O–H groups in total. The maximum atomic E-state index is 13.1. The predicted octanol–water partition coefficient (Wildman–Crippen LogP) is 2.48. The van der Waals surface area contributed by atoms with Gasteiger partial charge in [-0.1, -0.05) is 25.1 Å². The number of benzene rings is 1. The summed E-state index contributed by atoms with van der Waals surface area (Å²) in [5.41, 5.74) is 3.34. The topological polar surface area (TPSA) is 52.0 Å². The SMILES string of the molecule is C/N=C/c1ccc([C@H]2C[C@@H](C)CN(C(=O)CN3CCN(C)CC3)C2)c2cccnc12. The van der Waals surface area contributed by atoms with E-state index in [1.165, 1.54) is 10.9 Å². The molecule has 0 spiro atoms. The number of piperazine rings is 1. The molecule has 1 aromatic carbocycles. The van der Waals surface area contributed by atoms with E-state index in [2.05, 4.69) is 56.8 Å². The van der Waals surface area contributed by atoms with Gasteiger partial charge in [-0.25, -0.2) is 0 Å². The van der Waals surface area contributed by atoms with E-state index >= 15 is 0 Å². The number of aliphatic imine (C=N–C) groups is 1. The zero-order valence-corrected chi connectivity index (χ0v) is 18.4. The first-order chi connectivity index (χ1) is 14.5. The number of fused-ring (bicyclic) bond motifs is 1. The van der Waals surface area contributed by atoms with E-state index in [4.69, 9.17) is 0 Å². The van der Waals surface area contributed by atoms with Gasteiger partial charge in [0.25, 0.3) is 0 Å². The monoisotopic (exact) mass is 407 g/mol. The third-order valence-corrected chi connectivity index (χ3v) is 6.51. The standard InChI is InChI=1S/C24H33N5O/c1-18-13-20(16-29(15-18)23(30)17-28-11-9-27(3)10-12-28)21-7-6-19(14-25-2)24-22(21)5-4-8-26-24/h4-8,14,18,20H,9-13,15-17H2,1-3H3/b25-14+/t18-,20+/m1/s1. The van der Waals surface area contributed by atoms with E-state index in [0.717, 1.165) is 56.8 Å². The van der Waals surface area contributed by atoms with E-state index in [9.17, 15) is 4.79 Å². The van der Waals surface area contributed by atoms with Crippen LogP contribution in [-0.4, -0.2) is 91.7 Å². The smallest absolute Gasteiger partial charge is 0.236 e. The van der Waals surface area contributed by atoms with Crippen molar-refractivity contribution in [2.45, 2.75) is 19.3 Å². The molecule has 2 saturated heterocycles. The van der Waals surface area contributed by atoms with Crippen LogP contribution in [0.1, 0.15) is 30.4 Å².